The normalized spacial score (nSPS) is 30.5. The smallest absolute Gasteiger partial charge is 0.237 e. The van der Waals surface area contributed by atoms with Gasteiger partial charge in [0.1, 0.15) is 17.5 Å². The Labute approximate surface area is 160 Å². The maximum absolute atomic E-state index is 12.8. The molecule has 1 aliphatic carbocycles. The van der Waals surface area contributed by atoms with E-state index in [1.54, 1.807) is 19.1 Å². The molecule has 0 bridgehead atoms. The summed E-state index contributed by atoms with van der Waals surface area (Å²) in [5.74, 6) is 1.56. The van der Waals surface area contributed by atoms with E-state index in [0.717, 1.165) is 62.1 Å². The summed E-state index contributed by atoms with van der Waals surface area (Å²) < 4.78 is 10.9. The topological polar surface area (TPSA) is 60.3 Å². The number of likely N-dealkylation sites (tertiary alicyclic amines) is 2. The molecule has 3 aliphatic rings. The molecule has 6 heteroatoms. The van der Waals surface area contributed by atoms with Gasteiger partial charge in [-0.25, -0.2) is 4.90 Å². The molecule has 0 radical (unpaired) electrons. The Morgan fingerprint density at radius 1 is 1.00 bits per heavy atom. The van der Waals surface area contributed by atoms with Gasteiger partial charge in [0.2, 0.25) is 11.8 Å². The van der Waals surface area contributed by atoms with Crippen LogP contribution in [0.1, 0.15) is 50.1 Å². The van der Waals surface area contributed by atoms with Gasteiger partial charge in [0.05, 0.1) is 38.2 Å². The number of ether oxygens (including phenoxy) is 2. The lowest BCUT2D eigenvalue weighted by Crippen LogP contribution is -3.12. The number of quaternary nitrogens is 1. The lowest BCUT2D eigenvalue weighted by atomic mass is 9.81. The van der Waals surface area contributed by atoms with E-state index in [9.17, 15) is 9.59 Å². The predicted octanol–water partition coefficient (Wildman–Crippen LogP) is 1.56. The molecule has 4 rings (SSSR count). The number of nitrogens with zero attached hydrogens (tertiary/aromatic N) is 1. The summed E-state index contributed by atoms with van der Waals surface area (Å²) in [6.45, 7) is 1.44. The molecule has 2 amide bonds. The fraction of sp³-hybridized carbons (Fsp3) is 0.619. The van der Waals surface area contributed by atoms with Gasteiger partial charge < -0.3 is 14.4 Å². The first kappa shape index (κ1) is 18.3. The van der Waals surface area contributed by atoms with E-state index < -0.39 is 0 Å². The van der Waals surface area contributed by atoms with Gasteiger partial charge >= 0.3 is 0 Å². The third kappa shape index (κ3) is 3.20. The molecule has 1 aromatic rings. The van der Waals surface area contributed by atoms with Crippen molar-refractivity contribution < 1.29 is 24.0 Å². The van der Waals surface area contributed by atoms with Crippen LogP contribution in [0, 0.1) is 11.8 Å². The third-order valence-corrected chi connectivity index (χ3v) is 6.59. The molecule has 0 aromatic heterocycles. The molecule has 2 aliphatic heterocycles. The molecule has 146 valence electrons. The molecule has 2 saturated heterocycles. The molecular formula is C21H29N2O4+. The standard InChI is InChI=1S/C21H28N2O4/c1-26-14-9-10-17(19(12-14)27-2)18-8-5-11-22(18)13-23-20(24)15-6-3-4-7-16(15)21(23)25/h9-10,12,15-16,18H,3-8,11,13H2,1-2H3/p+1/t15-,16+,18-/m0/s1. The van der Waals surface area contributed by atoms with Crippen LogP contribution in [0.4, 0.5) is 0 Å². The van der Waals surface area contributed by atoms with Crippen LogP contribution in [0.2, 0.25) is 0 Å². The number of hydrogen-bond donors (Lipinski definition) is 1. The molecule has 6 nitrogen and oxygen atoms in total. The zero-order chi connectivity index (χ0) is 19.0. The van der Waals surface area contributed by atoms with E-state index >= 15 is 0 Å². The summed E-state index contributed by atoms with van der Waals surface area (Å²) in [6, 6.07) is 6.15. The van der Waals surface area contributed by atoms with E-state index in [1.165, 1.54) is 4.90 Å². The van der Waals surface area contributed by atoms with Crippen molar-refractivity contribution in [3.63, 3.8) is 0 Å². The molecule has 0 spiro atoms. The SMILES string of the molecule is COc1ccc([C@@H]2CCC[NH+]2CN2C(=O)[C@H]3CCCC[C@H]3C2=O)c(OC)c1. The zero-order valence-corrected chi connectivity index (χ0v) is 16.2. The Bertz CT molecular complexity index is 711. The second-order valence-corrected chi connectivity index (χ2v) is 7.97. The lowest BCUT2D eigenvalue weighted by molar-refractivity contribution is -0.925. The van der Waals surface area contributed by atoms with Crippen molar-refractivity contribution in [1.82, 2.24) is 4.90 Å². The zero-order valence-electron chi connectivity index (χ0n) is 16.2. The highest BCUT2D eigenvalue weighted by Crippen LogP contribution is 2.38. The van der Waals surface area contributed by atoms with Crippen molar-refractivity contribution in [3.05, 3.63) is 23.8 Å². The summed E-state index contributed by atoms with van der Waals surface area (Å²) >= 11 is 0. The van der Waals surface area contributed by atoms with Crippen molar-refractivity contribution in [1.29, 1.82) is 0 Å². The number of carbonyl (C=O) groups excluding carboxylic acids is 2. The number of benzene rings is 1. The summed E-state index contributed by atoms with van der Waals surface area (Å²) in [7, 11) is 3.32. The second-order valence-electron chi connectivity index (χ2n) is 7.97. The minimum atomic E-state index is -0.0674. The van der Waals surface area contributed by atoms with E-state index in [-0.39, 0.29) is 29.7 Å². The second kappa shape index (κ2) is 7.50. The molecular weight excluding hydrogens is 344 g/mol. The molecule has 1 saturated carbocycles. The fourth-order valence-corrected chi connectivity index (χ4v) is 5.17. The van der Waals surface area contributed by atoms with Gasteiger partial charge in [-0.15, -0.1) is 0 Å². The number of amides is 2. The van der Waals surface area contributed by atoms with Crippen LogP contribution < -0.4 is 14.4 Å². The molecule has 4 atom stereocenters. The Morgan fingerprint density at radius 2 is 1.70 bits per heavy atom. The predicted molar refractivity (Wildman–Crippen MR) is 99.5 cm³/mol. The number of fused-ring (bicyclic) bond motifs is 1. The maximum Gasteiger partial charge on any atom is 0.237 e. The molecule has 2 heterocycles. The van der Waals surface area contributed by atoms with Gasteiger partial charge in [0.15, 0.2) is 6.67 Å². The number of nitrogens with one attached hydrogen (secondary N) is 1. The van der Waals surface area contributed by atoms with Gasteiger partial charge in [-0.3, -0.25) is 9.59 Å². The van der Waals surface area contributed by atoms with Crippen molar-refractivity contribution in [2.45, 2.75) is 44.6 Å². The molecule has 27 heavy (non-hydrogen) atoms. The lowest BCUT2D eigenvalue weighted by Gasteiger charge is -2.27. The van der Waals surface area contributed by atoms with E-state index in [0.29, 0.717) is 6.67 Å². The summed E-state index contributed by atoms with van der Waals surface area (Å²) in [5, 5.41) is 0. The highest BCUT2D eigenvalue weighted by Gasteiger charge is 2.50. The number of rotatable bonds is 5. The number of methoxy groups -OCH3 is 2. The minimum Gasteiger partial charge on any atom is -0.497 e. The first-order chi connectivity index (χ1) is 13.1. The van der Waals surface area contributed by atoms with Crippen LogP contribution in [-0.2, 0) is 9.59 Å². The Morgan fingerprint density at radius 3 is 2.33 bits per heavy atom. The van der Waals surface area contributed by atoms with Crippen molar-refractivity contribution >= 4 is 11.8 Å². The van der Waals surface area contributed by atoms with Gasteiger partial charge in [-0.2, -0.15) is 0 Å². The van der Waals surface area contributed by atoms with Crippen LogP contribution in [0.15, 0.2) is 18.2 Å². The summed E-state index contributed by atoms with van der Waals surface area (Å²) in [4.78, 5) is 28.5. The monoisotopic (exact) mass is 373 g/mol. The number of hydrogen-bond acceptors (Lipinski definition) is 4. The molecule has 1 N–H and O–H groups in total. The van der Waals surface area contributed by atoms with Gasteiger partial charge in [-0.1, -0.05) is 12.8 Å². The first-order valence-corrected chi connectivity index (χ1v) is 10.1. The molecule has 1 aromatic carbocycles. The van der Waals surface area contributed by atoms with Gasteiger partial charge in [-0.05, 0) is 25.0 Å². The quantitative estimate of drug-likeness (QED) is 0.796. The largest absolute Gasteiger partial charge is 0.497 e. The van der Waals surface area contributed by atoms with Crippen LogP contribution in [0.3, 0.4) is 0 Å². The average molecular weight is 373 g/mol. The van der Waals surface area contributed by atoms with Crippen molar-refractivity contribution in [2.75, 3.05) is 27.4 Å². The highest BCUT2D eigenvalue weighted by atomic mass is 16.5. The Kier molecular flexibility index (Phi) is 5.08. The number of imide groups is 1. The number of carbonyl (C=O) groups is 2. The van der Waals surface area contributed by atoms with Crippen molar-refractivity contribution in [3.8, 4) is 11.5 Å². The average Bonchev–Trinajstić information content (AvgIpc) is 3.26. The van der Waals surface area contributed by atoms with Crippen molar-refractivity contribution in [2.24, 2.45) is 11.8 Å². The van der Waals surface area contributed by atoms with E-state index in [2.05, 4.69) is 6.07 Å². The van der Waals surface area contributed by atoms with Gasteiger partial charge in [0, 0.05) is 18.9 Å². The minimum absolute atomic E-state index is 0.0598. The Hall–Kier alpha value is -2.08. The van der Waals surface area contributed by atoms with Crippen LogP contribution in [0.25, 0.3) is 0 Å². The summed E-state index contributed by atoms with van der Waals surface area (Å²) in [5.41, 5.74) is 1.13. The van der Waals surface area contributed by atoms with E-state index in [1.807, 2.05) is 12.1 Å². The molecule has 3 fully saturated rings. The molecule has 1 unspecified atom stereocenters. The Balaban J connectivity index is 1.54. The fourth-order valence-electron chi connectivity index (χ4n) is 5.17. The van der Waals surface area contributed by atoms with Crippen LogP contribution in [-0.4, -0.2) is 44.1 Å². The summed E-state index contributed by atoms with van der Waals surface area (Å²) in [6.07, 6.45) is 5.99. The first-order valence-electron chi connectivity index (χ1n) is 10.1. The van der Waals surface area contributed by atoms with E-state index in [4.69, 9.17) is 9.47 Å². The maximum atomic E-state index is 12.8. The third-order valence-electron chi connectivity index (χ3n) is 6.59. The van der Waals surface area contributed by atoms with Crippen LogP contribution >= 0.6 is 0 Å². The highest BCUT2D eigenvalue weighted by molar-refractivity contribution is 6.05. The van der Waals surface area contributed by atoms with Gasteiger partial charge in [0.25, 0.3) is 0 Å². The van der Waals surface area contributed by atoms with Crippen LogP contribution in [0.5, 0.6) is 11.5 Å².